The summed E-state index contributed by atoms with van der Waals surface area (Å²) in [7, 11) is 0. The van der Waals surface area contributed by atoms with Crippen molar-refractivity contribution in [2.45, 2.75) is 45.8 Å². The molecule has 0 fully saturated rings. The first kappa shape index (κ1) is 23.0. The summed E-state index contributed by atoms with van der Waals surface area (Å²) in [4.78, 5) is 17.5. The third-order valence-electron chi connectivity index (χ3n) is 6.64. The van der Waals surface area contributed by atoms with Gasteiger partial charge < -0.3 is 19.0 Å². The molecule has 0 saturated heterocycles. The van der Waals surface area contributed by atoms with Crippen molar-refractivity contribution >= 4 is 17.2 Å². The van der Waals surface area contributed by atoms with E-state index in [9.17, 15) is 4.79 Å². The molecule has 8 heteroatoms. The molecule has 1 amide bonds. The van der Waals surface area contributed by atoms with Gasteiger partial charge in [0.1, 0.15) is 23.8 Å². The number of nitrogens with zero attached hydrogens (tertiary/aromatic N) is 5. The molecule has 2 aromatic carbocycles. The number of hydrogen-bond donors (Lipinski definition) is 1. The van der Waals surface area contributed by atoms with Gasteiger partial charge >= 0.3 is 0 Å². The lowest BCUT2D eigenvalue weighted by molar-refractivity contribution is 0.102. The van der Waals surface area contributed by atoms with E-state index in [-0.39, 0.29) is 5.91 Å². The van der Waals surface area contributed by atoms with Crippen molar-refractivity contribution in [2.24, 2.45) is 0 Å². The van der Waals surface area contributed by atoms with Gasteiger partial charge in [0.15, 0.2) is 5.82 Å². The highest BCUT2D eigenvalue weighted by Gasteiger charge is 2.16. The second-order valence-electron chi connectivity index (χ2n) is 9.45. The minimum absolute atomic E-state index is 0.197. The highest BCUT2D eigenvalue weighted by atomic mass is 16.5. The zero-order valence-electron chi connectivity index (χ0n) is 20.7. The molecule has 1 aliphatic heterocycles. The Balaban J connectivity index is 1.11. The zero-order chi connectivity index (χ0) is 25.2. The van der Waals surface area contributed by atoms with E-state index in [1.807, 2.05) is 72.2 Å². The molecule has 186 valence electrons. The molecule has 5 aromatic rings. The van der Waals surface area contributed by atoms with Crippen LogP contribution in [0.4, 0.5) is 5.69 Å². The fourth-order valence-corrected chi connectivity index (χ4v) is 4.71. The van der Waals surface area contributed by atoms with Gasteiger partial charge in [-0.2, -0.15) is 0 Å². The van der Waals surface area contributed by atoms with Crippen LogP contribution in [-0.4, -0.2) is 30.1 Å². The van der Waals surface area contributed by atoms with Crippen LogP contribution >= 0.6 is 0 Å². The van der Waals surface area contributed by atoms with Gasteiger partial charge in [0.05, 0.1) is 5.69 Å². The Bertz CT molecular complexity index is 1570. The van der Waals surface area contributed by atoms with Crippen molar-refractivity contribution < 1.29 is 9.53 Å². The van der Waals surface area contributed by atoms with Gasteiger partial charge in [-0.3, -0.25) is 4.79 Å². The Hall–Kier alpha value is -4.46. The minimum atomic E-state index is -0.197. The van der Waals surface area contributed by atoms with E-state index >= 15 is 0 Å². The summed E-state index contributed by atoms with van der Waals surface area (Å²) in [6.07, 6.45) is 8.50. The molecular formula is C29H28N6O2. The Kier molecular flexibility index (Phi) is 6.14. The first-order valence-electron chi connectivity index (χ1n) is 12.6. The minimum Gasteiger partial charge on any atom is -0.487 e. The van der Waals surface area contributed by atoms with Gasteiger partial charge in [-0.1, -0.05) is 18.6 Å². The van der Waals surface area contributed by atoms with Crippen LogP contribution in [0.3, 0.4) is 0 Å². The maximum Gasteiger partial charge on any atom is 0.255 e. The van der Waals surface area contributed by atoms with Crippen LogP contribution in [-0.2, 0) is 19.6 Å². The Morgan fingerprint density at radius 3 is 2.78 bits per heavy atom. The molecule has 0 radical (unpaired) electrons. The van der Waals surface area contributed by atoms with Crippen molar-refractivity contribution in [2.75, 3.05) is 5.32 Å². The fraction of sp³-hybridized carbons (Fsp3) is 0.241. The lowest BCUT2D eigenvalue weighted by atomic mass is 10.1. The van der Waals surface area contributed by atoms with Crippen LogP contribution in [0.1, 0.15) is 46.7 Å². The quantitative estimate of drug-likeness (QED) is 0.340. The second-order valence-corrected chi connectivity index (χ2v) is 9.45. The number of nitrogens with one attached hydrogen (secondary N) is 1. The van der Waals surface area contributed by atoms with Gasteiger partial charge in [0.2, 0.25) is 0 Å². The van der Waals surface area contributed by atoms with Crippen molar-refractivity contribution in [3.8, 4) is 17.1 Å². The lowest BCUT2D eigenvalue weighted by Gasteiger charge is -2.10. The topological polar surface area (TPSA) is 86.3 Å². The number of carbonyl (C=O) groups excluding carboxylic acids is 1. The van der Waals surface area contributed by atoms with E-state index in [1.54, 1.807) is 12.1 Å². The smallest absolute Gasteiger partial charge is 0.255 e. The first-order valence-corrected chi connectivity index (χ1v) is 12.6. The van der Waals surface area contributed by atoms with Gasteiger partial charge in [-0.25, -0.2) is 4.98 Å². The Morgan fingerprint density at radius 1 is 1.00 bits per heavy atom. The molecule has 1 aliphatic rings. The van der Waals surface area contributed by atoms with Gasteiger partial charge in [-0.15, -0.1) is 10.2 Å². The predicted octanol–water partition coefficient (Wildman–Crippen LogP) is 5.46. The summed E-state index contributed by atoms with van der Waals surface area (Å²) in [6, 6.07) is 19.0. The Morgan fingerprint density at radius 2 is 1.89 bits per heavy atom. The van der Waals surface area contributed by atoms with Crippen molar-refractivity contribution in [3.63, 3.8) is 0 Å². The monoisotopic (exact) mass is 492 g/mol. The van der Waals surface area contributed by atoms with Crippen molar-refractivity contribution in [1.82, 2.24) is 24.1 Å². The number of aryl methyl sites for hydroxylation is 2. The summed E-state index contributed by atoms with van der Waals surface area (Å²) in [5, 5.41) is 11.8. The number of pyridine rings is 1. The summed E-state index contributed by atoms with van der Waals surface area (Å²) >= 11 is 0. The molecule has 0 unspecified atom stereocenters. The normalized spacial score (nSPS) is 13.2. The molecule has 0 atom stereocenters. The Labute approximate surface area is 215 Å². The number of fused-ring (bicyclic) bond motifs is 2. The number of carbonyl (C=O) groups is 1. The standard InChI is InChI=1S/C29H28N6O2/c1-20-9-14-26-30-24(18-34(26)17-20)19-37-25-7-5-6-22(16-25)29(36)31-23-12-10-21(11-13-23)28-33-32-27-8-3-2-4-15-35(27)28/h5-7,9-14,16-18H,2-4,8,15,19H2,1H3,(H,31,36). The van der Waals surface area contributed by atoms with Gasteiger partial charge in [-0.05, 0) is 73.9 Å². The van der Waals surface area contributed by atoms with Gasteiger partial charge in [0.25, 0.3) is 5.91 Å². The molecule has 1 N–H and O–H groups in total. The van der Waals surface area contributed by atoms with E-state index in [0.29, 0.717) is 17.9 Å². The third-order valence-corrected chi connectivity index (χ3v) is 6.64. The molecule has 6 rings (SSSR count). The number of rotatable bonds is 6. The molecular weight excluding hydrogens is 464 g/mol. The molecule has 4 heterocycles. The van der Waals surface area contributed by atoms with Crippen molar-refractivity contribution in [3.05, 3.63) is 95.7 Å². The zero-order valence-corrected chi connectivity index (χ0v) is 20.7. The number of benzene rings is 2. The summed E-state index contributed by atoms with van der Waals surface area (Å²) in [5.41, 5.74) is 5.10. The largest absolute Gasteiger partial charge is 0.487 e. The van der Waals surface area contributed by atoms with E-state index in [4.69, 9.17) is 4.74 Å². The molecule has 0 aliphatic carbocycles. The molecule has 0 spiro atoms. The number of anilines is 1. The number of hydrogen-bond acceptors (Lipinski definition) is 5. The van der Waals surface area contributed by atoms with Crippen LogP contribution in [0, 0.1) is 6.92 Å². The molecule has 0 bridgehead atoms. The fourth-order valence-electron chi connectivity index (χ4n) is 4.71. The number of imidazole rings is 1. The van der Waals surface area contributed by atoms with Crippen molar-refractivity contribution in [1.29, 1.82) is 0 Å². The maximum atomic E-state index is 12.9. The molecule has 37 heavy (non-hydrogen) atoms. The highest BCUT2D eigenvalue weighted by Crippen LogP contribution is 2.24. The summed E-state index contributed by atoms with van der Waals surface area (Å²) in [5.74, 6) is 2.37. The first-order chi connectivity index (χ1) is 18.1. The van der Waals surface area contributed by atoms with Crippen LogP contribution in [0.15, 0.2) is 73.1 Å². The van der Waals surface area contributed by atoms with E-state index in [1.165, 1.54) is 12.0 Å². The number of amides is 1. The second kappa shape index (κ2) is 9.89. The van der Waals surface area contributed by atoms with Crippen LogP contribution in [0.2, 0.25) is 0 Å². The average molecular weight is 493 g/mol. The van der Waals surface area contributed by atoms with E-state index in [2.05, 4.69) is 25.1 Å². The SMILES string of the molecule is Cc1ccc2nc(COc3cccc(C(=O)Nc4ccc(-c5nnc6n5CCCCC6)cc4)c3)cn2c1. The van der Waals surface area contributed by atoms with Gasteiger partial charge in [0, 0.05) is 42.2 Å². The number of aromatic nitrogens is 5. The highest BCUT2D eigenvalue weighted by molar-refractivity contribution is 6.04. The maximum absolute atomic E-state index is 12.9. The van der Waals surface area contributed by atoms with Crippen LogP contribution in [0.25, 0.3) is 17.0 Å². The summed E-state index contributed by atoms with van der Waals surface area (Å²) < 4.78 is 10.1. The molecule has 8 nitrogen and oxygen atoms in total. The predicted molar refractivity (Wildman–Crippen MR) is 142 cm³/mol. The van der Waals surface area contributed by atoms with E-state index < -0.39 is 0 Å². The van der Waals surface area contributed by atoms with E-state index in [0.717, 1.165) is 60.0 Å². The summed E-state index contributed by atoms with van der Waals surface area (Å²) in [6.45, 7) is 3.32. The van der Waals surface area contributed by atoms with Crippen LogP contribution in [0.5, 0.6) is 5.75 Å². The third kappa shape index (κ3) is 4.95. The molecule has 3 aromatic heterocycles. The number of ether oxygens (including phenoxy) is 1. The van der Waals surface area contributed by atoms with Crippen LogP contribution < -0.4 is 10.1 Å². The molecule has 0 saturated carbocycles. The average Bonchev–Trinajstić information content (AvgIpc) is 3.43. The lowest BCUT2D eigenvalue weighted by Crippen LogP contribution is -2.12.